The third kappa shape index (κ3) is 10.0. The molecule has 0 unspecified atom stereocenters. The zero-order valence-electron chi connectivity index (χ0n) is 38.2. The molecule has 10 heterocycles. The number of likely N-dealkylation sites (tertiary alicyclic amines) is 2. The average Bonchev–Trinajstić information content (AvgIpc) is 4.24. The molecule has 0 aliphatic carbocycles. The van der Waals surface area contributed by atoms with Crippen molar-refractivity contribution in [3.8, 4) is 45.4 Å². The first kappa shape index (κ1) is 45.2. The van der Waals surface area contributed by atoms with E-state index < -0.39 is 0 Å². The standard InChI is InChI=1S/C27H26ClN7O.C24H21ClN8O/c1-2-20-6-3-7-21(30-20)16-35-12-4-5-19(15-35)27-34-33-26(36-27)18-8-9-23-22(13-18)25(32-31-23)17-10-11-29-24(28)14-17;25-21-11-15(5-8-27-21)22-19-10-16(3-4-20(19)29-30-22)23-31-32-24(34-23)17-2-1-9-33(12-17)13-18-6-7-26-14-28-18/h3,6-11,13-14,19H,2,4-5,12,15-16H2,1H3,(H,31,32);3-8,10-11,14,17H,1-2,9,12-13H2,(H,29,30)/t19-;17-/m11/s1. The average molecular weight is 973 g/mol. The summed E-state index contributed by atoms with van der Waals surface area (Å²) < 4.78 is 12.4. The van der Waals surface area contributed by atoms with Gasteiger partial charge in [-0.15, -0.1) is 20.4 Å². The van der Waals surface area contributed by atoms with Crippen molar-refractivity contribution in [3.05, 3.63) is 149 Å². The highest BCUT2D eigenvalue weighted by molar-refractivity contribution is 6.30. The Labute approximate surface area is 412 Å². The summed E-state index contributed by atoms with van der Waals surface area (Å²) in [5.74, 6) is 2.80. The number of piperidine rings is 2. The third-order valence-electron chi connectivity index (χ3n) is 12.9. The highest BCUT2D eigenvalue weighted by atomic mass is 35.5. The number of aryl methyl sites for hydroxylation is 1. The van der Waals surface area contributed by atoms with Crippen molar-refractivity contribution in [2.45, 2.75) is 64.0 Å². The van der Waals surface area contributed by atoms with Gasteiger partial charge in [-0.25, -0.2) is 19.9 Å². The first-order chi connectivity index (χ1) is 34.4. The number of fused-ring (bicyclic) bond motifs is 2. The molecular formula is C51H47Cl2N15O2. The molecule has 17 nitrogen and oxygen atoms in total. The van der Waals surface area contributed by atoms with Crippen LogP contribution in [0.4, 0.5) is 0 Å². The Morgan fingerprint density at radius 2 is 1.14 bits per heavy atom. The van der Waals surface area contributed by atoms with Crippen LogP contribution in [0.1, 0.15) is 73.3 Å². The highest BCUT2D eigenvalue weighted by Crippen LogP contribution is 2.35. The number of nitrogens with zero attached hydrogens (tertiary/aromatic N) is 13. The smallest absolute Gasteiger partial charge is 0.247 e. The SMILES string of the molecule is CCc1cccc(CN2CCC[C@@H](c3nnc(-c4ccc5[nH]nc(-c6ccnc(Cl)c6)c5c4)o3)C2)n1.Clc1cc(-c2n[nH]c3ccc(-c4nnc([C@@H]5CCCN(Cc6ccncn6)C5)o4)cc23)ccn1. The van der Waals surface area contributed by atoms with Crippen LogP contribution in [0.5, 0.6) is 0 Å². The Kier molecular flexibility index (Phi) is 13.1. The van der Waals surface area contributed by atoms with Gasteiger partial charge < -0.3 is 8.83 Å². The van der Waals surface area contributed by atoms with E-state index in [1.807, 2.05) is 54.6 Å². The van der Waals surface area contributed by atoms with Crippen molar-refractivity contribution < 1.29 is 8.83 Å². The number of nitrogens with one attached hydrogen (secondary N) is 2. The summed E-state index contributed by atoms with van der Waals surface area (Å²) in [6, 6.07) is 27.5. The lowest BCUT2D eigenvalue weighted by Gasteiger charge is -2.30. The number of aromatic nitrogens is 13. The van der Waals surface area contributed by atoms with Gasteiger partial charge in [0.1, 0.15) is 28.0 Å². The molecular weight excluding hydrogens is 926 g/mol. The van der Waals surface area contributed by atoms with Crippen molar-refractivity contribution in [2.75, 3.05) is 26.2 Å². The van der Waals surface area contributed by atoms with Crippen LogP contribution in [0.3, 0.4) is 0 Å². The zero-order valence-corrected chi connectivity index (χ0v) is 39.7. The number of benzene rings is 2. The zero-order chi connectivity index (χ0) is 47.4. The third-order valence-corrected chi connectivity index (χ3v) is 13.3. The fourth-order valence-corrected chi connectivity index (χ4v) is 9.70. The van der Waals surface area contributed by atoms with E-state index in [1.54, 1.807) is 37.1 Å². The molecule has 0 spiro atoms. The lowest BCUT2D eigenvalue weighted by atomic mass is 9.98. The van der Waals surface area contributed by atoms with Crippen LogP contribution in [0.2, 0.25) is 10.3 Å². The molecule has 19 heteroatoms. The van der Waals surface area contributed by atoms with Crippen molar-refractivity contribution in [3.63, 3.8) is 0 Å². The number of halogens is 2. The summed E-state index contributed by atoms with van der Waals surface area (Å²) in [5, 5.41) is 35.5. The number of hydrogen-bond acceptors (Lipinski definition) is 15. The van der Waals surface area contributed by atoms with E-state index in [2.05, 4.69) is 95.6 Å². The molecule has 352 valence electrons. The van der Waals surface area contributed by atoms with Gasteiger partial charge in [0.2, 0.25) is 23.6 Å². The molecule has 2 atom stereocenters. The van der Waals surface area contributed by atoms with Crippen molar-refractivity contribution in [1.82, 2.24) is 75.5 Å². The van der Waals surface area contributed by atoms with Gasteiger partial charge in [0, 0.05) is 83.5 Å². The molecule has 2 N–H and O–H groups in total. The predicted octanol–water partition coefficient (Wildman–Crippen LogP) is 10.2. The predicted molar refractivity (Wildman–Crippen MR) is 265 cm³/mol. The van der Waals surface area contributed by atoms with Crippen LogP contribution in [0.25, 0.3) is 67.2 Å². The van der Waals surface area contributed by atoms with Gasteiger partial charge in [0.15, 0.2) is 0 Å². The molecule has 0 amide bonds. The number of H-pyrrole nitrogens is 2. The summed E-state index contributed by atoms with van der Waals surface area (Å²) in [7, 11) is 0. The monoisotopic (exact) mass is 971 g/mol. The van der Waals surface area contributed by atoms with E-state index in [0.717, 1.165) is 144 Å². The van der Waals surface area contributed by atoms with Crippen LogP contribution in [-0.4, -0.2) is 102 Å². The lowest BCUT2D eigenvalue weighted by Crippen LogP contribution is -2.34. The van der Waals surface area contributed by atoms with Gasteiger partial charge in [-0.2, -0.15) is 10.2 Å². The summed E-state index contributed by atoms with van der Waals surface area (Å²) >= 11 is 12.2. The van der Waals surface area contributed by atoms with Gasteiger partial charge in [-0.3, -0.25) is 25.0 Å². The lowest BCUT2D eigenvalue weighted by molar-refractivity contribution is 0.184. The Balaban J connectivity index is 0.000000153. The van der Waals surface area contributed by atoms with Gasteiger partial charge in [-0.05, 0) is 124 Å². The maximum atomic E-state index is 6.21. The molecule has 2 aromatic carbocycles. The Hall–Kier alpha value is -7.31. The van der Waals surface area contributed by atoms with Crippen LogP contribution >= 0.6 is 23.2 Å². The maximum Gasteiger partial charge on any atom is 0.247 e. The van der Waals surface area contributed by atoms with Gasteiger partial charge >= 0.3 is 0 Å². The number of aromatic amines is 2. The molecule has 12 rings (SSSR count). The minimum Gasteiger partial charge on any atom is -0.420 e. The second-order valence-corrected chi connectivity index (χ2v) is 18.4. The molecule has 2 fully saturated rings. The van der Waals surface area contributed by atoms with E-state index in [4.69, 9.17) is 37.0 Å². The van der Waals surface area contributed by atoms with Gasteiger partial charge in [0.05, 0.1) is 34.3 Å². The molecule has 8 aromatic heterocycles. The van der Waals surface area contributed by atoms with Crippen molar-refractivity contribution >= 4 is 45.0 Å². The first-order valence-electron chi connectivity index (χ1n) is 23.4. The van der Waals surface area contributed by atoms with Crippen molar-refractivity contribution in [2.24, 2.45) is 0 Å². The van der Waals surface area contributed by atoms with E-state index in [0.29, 0.717) is 33.9 Å². The van der Waals surface area contributed by atoms with Gasteiger partial charge in [0.25, 0.3) is 0 Å². The summed E-state index contributed by atoms with van der Waals surface area (Å²) in [4.78, 5) is 26.0. The topological polar surface area (TPSA) is 206 Å². The Morgan fingerprint density at radius 1 is 0.586 bits per heavy atom. The second kappa shape index (κ2) is 20.3. The van der Waals surface area contributed by atoms with Crippen LogP contribution < -0.4 is 0 Å². The number of hydrogen-bond donors (Lipinski definition) is 2. The van der Waals surface area contributed by atoms with Crippen molar-refractivity contribution in [1.29, 1.82) is 0 Å². The molecule has 2 saturated heterocycles. The van der Waals surface area contributed by atoms with Gasteiger partial charge in [-0.1, -0.05) is 36.2 Å². The highest BCUT2D eigenvalue weighted by Gasteiger charge is 2.28. The molecule has 0 bridgehead atoms. The molecule has 10 aromatic rings. The fourth-order valence-electron chi connectivity index (χ4n) is 9.35. The molecule has 70 heavy (non-hydrogen) atoms. The minimum atomic E-state index is 0.198. The summed E-state index contributed by atoms with van der Waals surface area (Å²) in [6.45, 7) is 7.58. The number of pyridine rings is 3. The second-order valence-electron chi connectivity index (χ2n) is 17.6. The normalized spacial score (nSPS) is 16.7. The number of rotatable bonds is 11. The summed E-state index contributed by atoms with van der Waals surface area (Å²) in [5.41, 5.74) is 10.2. The quantitative estimate of drug-likeness (QED) is 0.116. The molecule has 0 radical (unpaired) electrons. The Morgan fingerprint density at radius 3 is 1.67 bits per heavy atom. The first-order valence-corrected chi connectivity index (χ1v) is 24.2. The fraction of sp³-hybridized carbons (Fsp3) is 0.275. The largest absolute Gasteiger partial charge is 0.420 e. The van der Waals surface area contributed by atoms with Crippen LogP contribution in [0.15, 0.2) is 119 Å². The molecule has 0 saturated carbocycles. The van der Waals surface area contributed by atoms with Crippen LogP contribution in [0, 0.1) is 0 Å². The van der Waals surface area contributed by atoms with E-state index in [-0.39, 0.29) is 11.8 Å². The van der Waals surface area contributed by atoms with E-state index in [9.17, 15) is 0 Å². The maximum absolute atomic E-state index is 6.21. The van der Waals surface area contributed by atoms with E-state index in [1.165, 1.54) is 0 Å². The van der Waals surface area contributed by atoms with E-state index >= 15 is 0 Å². The Bertz CT molecular complexity index is 3390. The van der Waals surface area contributed by atoms with Crippen LogP contribution in [-0.2, 0) is 19.5 Å². The summed E-state index contributed by atoms with van der Waals surface area (Å²) in [6.07, 6.45) is 11.9. The molecule has 2 aliphatic heterocycles. The minimum absolute atomic E-state index is 0.198. The molecule has 2 aliphatic rings.